The summed E-state index contributed by atoms with van der Waals surface area (Å²) >= 11 is 0. The van der Waals surface area contributed by atoms with E-state index in [9.17, 15) is 0 Å². The Morgan fingerprint density at radius 2 is 1.94 bits per heavy atom. The molecule has 0 fully saturated rings. The molecule has 0 bridgehead atoms. The first kappa shape index (κ1) is 11.2. The smallest absolute Gasteiger partial charge is 0.140 e. The maximum Gasteiger partial charge on any atom is 0.140 e. The first-order valence-corrected chi connectivity index (χ1v) is 5.72. The molecule has 0 spiro atoms. The fourth-order valence-electron chi connectivity index (χ4n) is 2.40. The normalized spacial score (nSPS) is 18.8. The van der Waals surface area contributed by atoms with E-state index in [1.807, 2.05) is 6.07 Å². The van der Waals surface area contributed by atoms with Gasteiger partial charge in [0.25, 0.3) is 0 Å². The van der Waals surface area contributed by atoms with Crippen molar-refractivity contribution in [3.8, 4) is 0 Å². The highest BCUT2D eigenvalue weighted by atomic mass is 16.5. The Labute approximate surface area is 96.9 Å². The maximum atomic E-state index is 5.53. The molecule has 0 radical (unpaired) electrons. The van der Waals surface area contributed by atoms with Gasteiger partial charge in [-0.05, 0) is 17.5 Å². The van der Waals surface area contributed by atoms with E-state index in [1.165, 1.54) is 16.7 Å². The minimum Gasteiger partial charge on any atom is -0.498 e. The van der Waals surface area contributed by atoms with Crippen molar-refractivity contribution in [3.63, 3.8) is 0 Å². The lowest BCUT2D eigenvalue weighted by Crippen LogP contribution is -2.02. The van der Waals surface area contributed by atoms with Crippen LogP contribution in [0.5, 0.6) is 0 Å². The lowest BCUT2D eigenvalue weighted by Gasteiger charge is -2.13. The summed E-state index contributed by atoms with van der Waals surface area (Å²) in [6.07, 6.45) is 2.13. The van der Waals surface area contributed by atoms with Crippen molar-refractivity contribution in [2.75, 3.05) is 14.2 Å². The van der Waals surface area contributed by atoms with Crippen molar-refractivity contribution < 1.29 is 9.47 Å². The number of hydrogen-bond donors (Lipinski definition) is 0. The molecular weight excluding hydrogens is 200 g/mol. The van der Waals surface area contributed by atoms with Crippen LogP contribution in [0.3, 0.4) is 0 Å². The molecule has 2 nitrogen and oxygen atoms in total. The molecule has 0 saturated carbocycles. The quantitative estimate of drug-likeness (QED) is 0.769. The van der Waals surface area contributed by atoms with Gasteiger partial charge in [-0.3, -0.25) is 0 Å². The van der Waals surface area contributed by atoms with Crippen LogP contribution < -0.4 is 0 Å². The summed E-state index contributed by atoms with van der Waals surface area (Å²) in [5.74, 6) is 0.977. The van der Waals surface area contributed by atoms with Gasteiger partial charge in [0.05, 0.1) is 7.11 Å². The van der Waals surface area contributed by atoms with Crippen molar-refractivity contribution in [1.29, 1.82) is 0 Å². The van der Waals surface area contributed by atoms with E-state index in [-0.39, 0.29) is 6.10 Å². The van der Waals surface area contributed by atoms with Gasteiger partial charge in [0.15, 0.2) is 0 Å². The van der Waals surface area contributed by atoms with E-state index >= 15 is 0 Å². The van der Waals surface area contributed by atoms with E-state index in [0.717, 1.165) is 18.6 Å². The van der Waals surface area contributed by atoms with Gasteiger partial charge in [-0.1, -0.05) is 37.6 Å². The Hall–Kier alpha value is -1.28. The molecule has 0 saturated heterocycles. The molecule has 16 heavy (non-hydrogen) atoms. The molecule has 0 aromatic heterocycles. The lowest BCUT2D eigenvalue weighted by molar-refractivity contribution is 0.0833. The van der Waals surface area contributed by atoms with Gasteiger partial charge < -0.3 is 9.47 Å². The van der Waals surface area contributed by atoms with Gasteiger partial charge >= 0.3 is 0 Å². The third-order valence-corrected chi connectivity index (χ3v) is 3.06. The van der Waals surface area contributed by atoms with Crippen molar-refractivity contribution >= 4 is 5.57 Å². The van der Waals surface area contributed by atoms with Crippen LogP contribution in [0.1, 0.15) is 37.0 Å². The van der Waals surface area contributed by atoms with Crippen LogP contribution in [0, 0.1) is 0 Å². The van der Waals surface area contributed by atoms with Crippen LogP contribution in [-0.4, -0.2) is 14.2 Å². The molecule has 1 aromatic carbocycles. The van der Waals surface area contributed by atoms with Crippen molar-refractivity contribution in [2.45, 2.75) is 25.9 Å². The topological polar surface area (TPSA) is 18.5 Å². The highest BCUT2D eigenvalue weighted by Crippen LogP contribution is 2.44. The summed E-state index contributed by atoms with van der Waals surface area (Å²) in [6, 6.07) is 8.39. The van der Waals surface area contributed by atoms with E-state index in [2.05, 4.69) is 25.1 Å². The minimum atomic E-state index is -0.0252. The Kier molecular flexibility index (Phi) is 3.30. The number of fused-ring (bicyclic) bond motifs is 1. The molecular formula is C14H18O2. The SMILES string of the molecule is CCCC1=C(OC)C(OC)c2ccccc21. The maximum absolute atomic E-state index is 5.53. The first-order chi connectivity index (χ1) is 7.83. The molecule has 1 unspecified atom stereocenters. The molecule has 1 aliphatic rings. The molecule has 0 amide bonds. The molecule has 1 aromatic rings. The first-order valence-electron chi connectivity index (χ1n) is 5.72. The van der Waals surface area contributed by atoms with Gasteiger partial charge in [-0.25, -0.2) is 0 Å². The van der Waals surface area contributed by atoms with E-state index in [1.54, 1.807) is 14.2 Å². The number of rotatable bonds is 4. The largest absolute Gasteiger partial charge is 0.498 e. The molecule has 0 aliphatic heterocycles. The molecule has 0 heterocycles. The summed E-state index contributed by atoms with van der Waals surface area (Å²) < 4.78 is 11.1. The molecule has 1 atom stereocenters. The zero-order valence-electron chi connectivity index (χ0n) is 10.1. The van der Waals surface area contributed by atoms with Gasteiger partial charge in [-0.15, -0.1) is 0 Å². The number of benzene rings is 1. The Balaban J connectivity index is 2.50. The van der Waals surface area contributed by atoms with E-state index < -0.39 is 0 Å². The number of hydrogen-bond acceptors (Lipinski definition) is 2. The second-order valence-corrected chi connectivity index (χ2v) is 4.00. The second-order valence-electron chi connectivity index (χ2n) is 4.00. The molecule has 2 heteroatoms. The average molecular weight is 218 g/mol. The van der Waals surface area contributed by atoms with Crippen LogP contribution in [-0.2, 0) is 9.47 Å². The van der Waals surface area contributed by atoms with Gasteiger partial charge in [0.2, 0.25) is 0 Å². The standard InChI is InChI=1S/C14H18O2/c1-4-7-11-10-8-5-6-9-12(10)14(16-3)13(11)15-2/h5-6,8-9,14H,4,7H2,1-3H3. The summed E-state index contributed by atoms with van der Waals surface area (Å²) in [6.45, 7) is 2.18. The van der Waals surface area contributed by atoms with Crippen LogP contribution in [0.25, 0.3) is 5.57 Å². The summed E-state index contributed by atoms with van der Waals surface area (Å²) in [5.41, 5.74) is 3.81. The van der Waals surface area contributed by atoms with Crippen LogP contribution in [0.4, 0.5) is 0 Å². The molecule has 2 rings (SSSR count). The highest BCUT2D eigenvalue weighted by molar-refractivity contribution is 5.76. The summed E-state index contributed by atoms with van der Waals surface area (Å²) in [4.78, 5) is 0. The predicted octanol–water partition coefficient (Wildman–Crippen LogP) is 3.55. The monoisotopic (exact) mass is 218 g/mol. The van der Waals surface area contributed by atoms with Crippen LogP contribution >= 0.6 is 0 Å². The highest BCUT2D eigenvalue weighted by Gasteiger charge is 2.31. The van der Waals surface area contributed by atoms with E-state index in [4.69, 9.17) is 9.47 Å². The average Bonchev–Trinajstić information content (AvgIpc) is 2.63. The molecule has 1 aliphatic carbocycles. The van der Waals surface area contributed by atoms with Crippen molar-refractivity contribution in [2.24, 2.45) is 0 Å². The number of ether oxygens (including phenoxy) is 2. The zero-order chi connectivity index (χ0) is 11.5. The number of allylic oxidation sites excluding steroid dienone is 1. The molecule has 86 valence electrons. The van der Waals surface area contributed by atoms with Crippen molar-refractivity contribution in [1.82, 2.24) is 0 Å². The zero-order valence-corrected chi connectivity index (χ0v) is 10.1. The lowest BCUT2D eigenvalue weighted by atomic mass is 10.0. The number of methoxy groups -OCH3 is 2. The van der Waals surface area contributed by atoms with Crippen LogP contribution in [0.15, 0.2) is 30.0 Å². The Morgan fingerprint density at radius 3 is 2.56 bits per heavy atom. The third-order valence-electron chi connectivity index (χ3n) is 3.06. The fraction of sp³-hybridized carbons (Fsp3) is 0.429. The Morgan fingerprint density at radius 1 is 1.19 bits per heavy atom. The summed E-state index contributed by atoms with van der Waals surface area (Å²) in [5, 5.41) is 0. The van der Waals surface area contributed by atoms with E-state index in [0.29, 0.717) is 0 Å². The van der Waals surface area contributed by atoms with Crippen LogP contribution in [0.2, 0.25) is 0 Å². The fourth-order valence-corrected chi connectivity index (χ4v) is 2.40. The van der Waals surface area contributed by atoms with Crippen molar-refractivity contribution in [3.05, 3.63) is 41.2 Å². The Bertz CT molecular complexity index is 407. The second kappa shape index (κ2) is 4.71. The minimum absolute atomic E-state index is 0.0252. The third kappa shape index (κ3) is 1.63. The molecule has 0 N–H and O–H groups in total. The van der Waals surface area contributed by atoms with Gasteiger partial charge in [0.1, 0.15) is 11.9 Å². The van der Waals surface area contributed by atoms with Gasteiger partial charge in [-0.2, -0.15) is 0 Å². The predicted molar refractivity (Wildman–Crippen MR) is 65.0 cm³/mol. The van der Waals surface area contributed by atoms with Gasteiger partial charge in [0, 0.05) is 12.7 Å². The summed E-state index contributed by atoms with van der Waals surface area (Å²) in [7, 11) is 3.46.